The van der Waals surface area contributed by atoms with Gasteiger partial charge in [-0.05, 0) is 13.3 Å². The maximum absolute atomic E-state index is 9.00. The molecule has 0 aromatic rings. The maximum atomic E-state index is 9.00. The lowest BCUT2D eigenvalue weighted by Crippen LogP contribution is -2.69. The van der Waals surface area contributed by atoms with Crippen LogP contribution in [-0.4, -0.2) is 48.2 Å². The van der Waals surface area contributed by atoms with Crippen LogP contribution in [0.5, 0.6) is 0 Å². The molecule has 1 rings (SSSR count). The number of methoxy groups -OCH3 is 1. The van der Waals surface area contributed by atoms with Crippen molar-refractivity contribution in [2.45, 2.75) is 44.9 Å². The van der Waals surface area contributed by atoms with Crippen LogP contribution >= 0.6 is 0 Å². The van der Waals surface area contributed by atoms with Crippen LogP contribution in [0.2, 0.25) is 0 Å². The van der Waals surface area contributed by atoms with Gasteiger partial charge >= 0.3 is 0 Å². The molecule has 2 atom stereocenters. The Bertz CT molecular complexity index is 216. The van der Waals surface area contributed by atoms with E-state index < -0.39 is 0 Å². The van der Waals surface area contributed by atoms with E-state index in [1.165, 1.54) is 0 Å². The Balaban J connectivity index is 2.55. The minimum Gasteiger partial charge on any atom is -0.395 e. The summed E-state index contributed by atoms with van der Waals surface area (Å²) in [5, 5.41) is 21.2. The van der Waals surface area contributed by atoms with Crippen molar-refractivity contribution < 1.29 is 14.9 Å². The molecule has 4 nitrogen and oxygen atoms in total. The SMILES string of the molecule is COC1(C)CC(NC(CO)CO)C1(C)C. The van der Waals surface area contributed by atoms with Crippen LogP contribution in [0, 0.1) is 5.41 Å². The molecule has 0 saturated heterocycles. The van der Waals surface area contributed by atoms with Gasteiger partial charge in [0.05, 0.1) is 24.9 Å². The monoisotopic (exact) mass is 217 g/mol. The fraction of sp³-hybridized carbons (Fsp3) is 1.00. The zero-order valence-electron chi connectivity index (χ0n) is 10.1. The first kappa shape index (κ1) is 12.9. The predicted octanol–water partition coefficient (Wildman–Crippen LogP) is 0.133. The molecule has 0 aromatic carbocycles. The molecule has 2 unspecified atom stereocenters. The van der Waals surface area contributed by atoms with E-state index in [0.29, 0.717) is 0 Å². The number of aliphatic hydroxyl groups excluding tert-OH is 2. The summed E-state index contributed by atoms with van der Waals surface area (Å²) in [6.45, 7) is 6.31. The van der Waals surface area contributed by atoms with Crippen LogP contribution in [-0.2, 0) is 4.74 Å². The van der Waals surface area contributed by atoms with Crippen LogP contribution in [0.3, 0.4) is 0 Å². The third-order valence-corrected chi connectivity index (χ3v) is 4.16. The van der Waals surface area contributed by atoms with Crippen molar-refractivity contribution in [2.24, 2.45) is 5.41 Å². The minimum atomic E-state index is -0.226. The van der Waals surface area contributed by atoms with Gasteiger partial charge in [0.1, 0.15) is 0 Å². The summed E-state index contributed by atoms with van der Waals surface area (Å²) in [6.07, 6.45) is 0.910. The van der Waals surface area contributed by atoms with E-state index >= 15 is 0 Å². The average Bonchev–Trinajstić information content (AvgIpc) is 2.23. The number of rotatable bonds is 5. The summed E-state index contributed by atoms with van der Waals surface area (Å²) in [5.74, 6) is 0. The van der Waals surface area contributed by atoms with Crippen molar-refractivity contribution in [2.75, 3.05) is 20.3 Å². The van der Waals surface area contributed by atoms with Crippen molar-refractivity contribution in [3.8, 4) is 0 Å². The Hall–Kier alpha value is -0.160. The fourth-order valence-electron chi connectivity index (χ4n) is 2.21. The Labute approximate surface area is 91.6 Å². The molecule has 3 N–H and O–H groups in total. The van der Waals surface area contributed by atoms with Gasteiger partial charge in [0.2, 0.25) is 0 Å². The lowest BCUT2D eigenvalue weighted by Gasteiger charge is -2.60. The van der Waals surface area contributed by atoms with Crippen molar-refractivity contribution in [1.82, 2.24) is 5.32 Å². The van der Waals surface area contributed by atoms with Crippen molar-refractivity contribution in [1.29, 1.82) is 0 Å². The first-order valence-corrected chi connectivity index (χ1v) is 5.44. The van der Waals surface area contributed by atoms with Crippen LogP contribution in [0.1, 0.15) is 27.2 Å². The van der Waals surface area contributed by atoms with Gasteiger partial charge < -0.3 is 20.3 Å². The van der Waals surface area contributed by atoms with E-state index in [1.807, 2.05) is 0 Å². The highest BCUT2D eigenvalue weighted by Crippen LogP contribution is 2.51. The third-order valence-electron chi connectivity index (χ3n) is 4.16. The molecule has 1 fully saturated rings. The van der Waals surface area contributed by atoms with Gasteiger partial charge in [-0.3, -0.25) is 0 Å². The van der Waals surface area contributed by atoms with Crippen molar-refractivity contribution in [3.05, 3.63) is 0 Å². The zero-order chi connectivity index (χ0) is 11.7. The standard InChI is InChI=1S/C11H23NO3/c1-10(2)9(5-11(10,3)15-4)12-8(6-13)7-14/h8-9,12-14H,5-7H2,1-4H3. The Morgan fingerprint density at radius 2 is 1.87 bits per heavy atom. The number of hydrogen-bond acceptors (Lipinski definition) is 4. The van der Waals surface area contributed by atoms with E-state index in [0.717, 1.165) is 6.42 Å². The largest absolute Gasteiger partial charge is 0.395 e. The molecule has 1 aliphatic rings. The molecule has 0 spiro atoms. The second-order valence-electron chi connectivity index (χ2n) is 5.14. The first-order chi connectivity index (χ1) is 6.91. The van der Waals surface area contributed by atoms with Crippen LogP contribution in [0.25, 0.3) is 0 Å². The topological polar surface area (TPSA) is 61.7 Å². The summed E-state index contributed by atoms with van der Waals surface area (Å²) in [4.78, 5) is 0. The molecular formula is C11H23NO3. The number of nitrogens with one attached hydrogen (secondary N) is 1. The summed E-state index contributed by atoms with van der Waals surface area (Å²) in [7, 11) is 1.73. The molecular weight excluding hydrogens is 194 g/mol. The Kier molecular flexibility index (Phi) is 3.76. The Morgan fingerprint density at radius 3 is 2.20 bits per heavy atom. The number of aliphatic hydroxyl groups is 2. The van der Waals surface area contributed by atoms with Gasteiger partial charge in [-0.2, -0.15) is 0 Å². The number of hydrogen-bond donors (Lipinski definition) is 3. The first-order valence-electron chi connectivity index (χ1n) is 5.44. The van der Waals surface area contributed by atoms with Gasteiger partial charge in [0.25, 0.3) is 0 Å². The molecule has 0 heterocycles. The molecule has 4 heteroatoms. The lowest BCUT2D eigenvalue weighted by molar-refractivity contribution is -0.183. The molecule has 90 valence electrons. The minimum absolute atomic E-state index is 0.0182. The highest BCUT2D eigenvalue weighted by molar-refractivity contribution is 5.11. The molecule has 0 amide bonds. The van der Waals surface area contributed by atoms with Gasteiger partial charge in [-0.25, -0.2) is 0 Å². The van der Waals surface area contributed by atoms with Gasteiger partial charge in [0.15, 0.2) is 0 Å². The average molecular weight is 217 g/mol. The van der Waals surface area contributed by atoms with Crippen molar-refractivity contribution in [3.63, 3.8) is 0 Å². The molecule has 0 radical (unpaired) electrons. The predicted molar refractivity (Wildman–Crippen MR) is 58.7 cm³/mol. The van der Waals surface area contributed by atoms with Gasteiger partial charge in [0, 0.05) is 18.6 Å². The summed E-state index contributed by atoms with van der Waals surface area (Å²) >= 11 is 0. The quantitative estimate of drug-likeness (QED) is 0.613. The third kappa shape index (κ3) is 2.04. The maximum Gasteiger partial charge on any atom is 0.0731 e. The van der Waals surface area contributed by atoms with E-state index in [-0.39, 0.29) is 36.3 Å². The Morgan fingerprint density at radius 1 is 1.33 bits per heavy atom. The second-order valence-corrected chi connectivity index (χ2v) is 5.14. The molecule has 0 aromatic heterocycles. The summed E-state index contributed by atoms with van der Waals surface area (Å²) in [6, 6.07) is 0.0578. The highest BCUT2D eigenvalue weighted by atomic mass is 16.5. The number of ether oxygens (including phenoxy) is 1. The smallest absolute Gasteiger partial charge is 0.0731 e. The van der Waals surface area contributed by atoms with Gasteiger partial charge in [-0.15, -0.1) is 0 Å². The van der Waals surface area contributed by atoms with Crippen molar-refractivity contribution >= 4 is 0 Å². The lowest BCUT2D eigenvalue weighted by atomic mass is 9.55. The van der Waals surface area contributed by atoms with E-state index in [4.69, 9.17) is 14.9 Å². The van der Waals surface area contributed by atoms with Crippen LogP contribution < -0.4 is 5.32 Å². The van der Waals surface area contributed by atoms with Crippen LogP contribution in [0.15, 0.2) is 0 Å². The van der Waals surface area contributed by atoms with E-state index in [2.05, 4.69) is 26.1 Å². The summed E-state index contributed by atoms with van der Waals surface area (Å²) in [5.41, 5.74) is -0.0928. The molecule has 0 aliphatic heterocycles. The van der Waals surface area contributed by atoms with E-state index in [1.54, 1.807) is 7.11 Å². The second kappa shape index (κ2) is 4.37. The molecule has 0 bridgehead atoms. The van der Waals surface area contributed by atoms with Gasteiger partial charge in [-0.1, -0.05) is 13.8 Å². The zero-order valence-corrected chi connectivity index (χ0v) is 10.1. The van der Waals surface area contributed by atoms with Crippen LogP contribution in [0.4, 0.5) is 0 Å². The molecule has 1 saturated carbocycles. The summed E-state index contributed by atoms with van der Waals surface area (Å²) < 4.78 is 5.50. The van der Waals surface area contributed by atoms with E-state index in [9.17, 15) is 0 Å². The molecule has 1 aliphatic carbocycles. The molecule has 15 heavy (non-hydrogen) atoms. The normalized spacial score (nSPS) is 34.2. The highest BCUT2D eigenvalue weighted by Gasteiger charge is 2.57. The fourth-order valence-corrected chi connectivity index (χ4v) is 2.21.